The molecule has 0 heterocycles. The summed E-state index contributed by atoms with van der Waals surface area (Å²) in [5.41, 5.74) is 0. The molecule has 0 aromatic heterocycles. The van der Waals surface area contributed by atoms with E-state index < -0.39 is 16.7 Å². The fraction of sp³-hybridized carbons (Fsp3) is 0.889. The van der Waals surface area contributed by atoms with Crippen LogP contribution in [0, 0.1) is 10.1 Å². The Morgan fingerprint density at radius 1 is 1.47 bits per heavy atom. The molecule has 0 fully saturated rings. The third-order valence-electron chi connectivity index (χ3n) is 1.53. The number of hydrogen-bond donors (Lipinski definition) is 1. The second kappa shape index (κ2) is 8.31. The van der Waals surface area contributed by atoms with Crippen LogP contribution in [-0.2, 0) is 4.79 Å². The molecule has 0 amide bonds. The highest BCUT2D eigenvalue weighted by Gasteiger charge is 2.17. The molecule has 15 heavy (non-hydrogen) atoms. The van der Waals surface area contributed by atoms with Gasteiger partial charge in [0, 0.05) is 25.3 Å². The second-order valence-electron chi connectivity index (χ2n) is 3.68. The average molecular weight is 220 g/mol. The summed E-state index contributed by atoms with van der Waals surface area (Å²) >= 11 is 0. The highest BCUT2D eigenvalue weighted by Crippen LogP contribution is 1.87. The van der Waals surface area contributed by atoms with E-state index in [-0.39, 0.29) is 6.10 Å². The summed E-state index contributed by atoms with van der Waals surface area (Å²) in [4.78, 5) is 21.2. The number of carbonyl (C=O) groups excluding carboxylic acids is 1. The lowest BCUT2D eigenvalue weighted by molar-refractivity contribution is -0.502. The van der Waals surface area contributed by atoms with Gasteiger partial charge in [-0.1, -0.05) is 0 Å². The van der Waals surface area contributed by atoms with Crippen LogP contribution in [0.4, 0.5) is 0 Å². The van der Waals surface area contributed by atoms with Crippen LogP contribution in [0.15, 0.2) is 0 Å². The Labute approximate surface area is 90.0 Å². The monoisotopic (exact) mass is 220 g/mol. The van der Waals surface area contributed by atoms with Crippen molar-refractivity contribution < 1.29 is 14.8 Å². The molecular weight excluding hydrogens is 200 g/mol. The van der Waals surface area contributed by atoms with Gasteiger partial charge >= 0.3 is 0 Å². The van der Waals surface area contributed by atoms with Crippen LogP contribution in [-0.4, -0.2) is 53.5 Å². The molecule has 0 aliphatic carbocycles. The highest BCUT2D eigenvalue weighted by atomic mass is 16.6. The lowest BCUT2D eigenvalue weighted by Gasteiger charge is -2.10. The molecule has 0 saturated heterocycles. The summed E-state index contributed by atoms with van der Waals surface area (Å²) in [5.74, 6) is -0.407. The fourth-order valence-electron chi connectivity index (χ4n) is 0.677. The van der Waals surface area contributed by atoms with Gasteiger partial charge in [0.15, 0.2) is 0 Å². The van der Waals surface area contributed by atoms with Crippen LogP contribution in [0.25, 0.3) is 0 Å². The Morgan fingerprint density at radius 2 is 1.87 bits per heavy atom. The van der Waals surface area contributed by atoms with Gasteiger partial charge in [-0.3, -0.25) is 14.9 Å². The SMILES string of the molecule is CC(=O)C(C)[N+](=O)[O-].CC(O)CN(C)C. The molecule has 0 spiro atoms. The van der Waals surface area contributed by atoms with Gasteiger partial charge in [-0.15, -0.1) is 0 Å². The molecule has 0 rings (SSSR count). The van der Waals surface area contributed by atoms with E-state index in [1.807, 2.05) is 19.0 Å². The van der Waals surface area contributed by atoms with Crippen LogP contribution in [0.2, 0.25) is 0 Å². The van der Waals surface area contributed by atoms with Crippen molar-refractivity contribution >= 4 is 5.78 Å². The summed E-state index contributed by atoms with van der Waals surface area (Å²) in [6, 6.07) is -1.05. The van der Waals surface area contributed by atoms with E-state index in [4.69, 9.17) is 5.11 Å². The molecule has 2 unspecified atom stereocenters. The van der Waals surface area contributed by atoms with E-state index in [1.165, 1.54) is 13.8 Å². The van der Waals surface area contributed by atoms with Gasteiger partial charge in [0.1, 0.15) is 0 Å². The lowest BCUT2D eigenvalue weighted by atomic mass is 10.3. The van der Waals surface area contributed by atoms with Gasteiger partial charge in [0.05, 0.1) is 6.10 Å². The molecule has 0 bridgehead atoms. The van der Waals surface area contributed by atoms with Gasteiger partial charge in [-0.25, -0.2) is 0 Å². The van der Waals surface area contributed by atoms with Crippen LogP contribution in [0.3, 0.4) is 0 Å². The van der Waals surface area contributed by atoms with E-state index in [2.05, 4.69) is 0 Å². The molecule has 6 heteroatoms. The largest absolute Gasteiger partial charge is 0.392 e. The van der Waals surface area contributed by atoms with Crippen molar-refractivity contribution in [3.05, 3.63) is 10.1 Å². The molecule has 2 atom stereocenters. The zero-order valence-corrected chi connectivity index (χ0v) is 9.93. The average Bonchev–Trinajstić information content (AvgIpc) is 2.00. The maximum atomic E-state index is 10.1. The lowest BCUT2D eigenvalue weighted by Crippen LogP contribution is -2.22. The molecule has 0 aromatic rings. The van der Waals surface area contributed by atoms with Crippen molar-refractivity contribution in [2.75, 3.05) is 20.6 Å². The highest BCUT2D eigenvalue weighted by molar-refractivity contribution is 5.79. The Morgan fingerprint density at radius 3 is 1.87 bits per heavy atom. The summed E-state index contributed by atoms with van der Waals surface area (Å²) in [5, 5.41) is 18.4. The molecule has 0 saturated carbocycles. The standard InChI is InChI=1S/C5H13NO.C4H7NO3/c1-5(7)4-6(2)3;1-3(4(2)6)5(7)8/h5,7H,4H2,1-3H3;3H,1-2H3. The third kappa shape index (κ3) is 13.0. The summed E-state index contributed by atoms with van der Waals surface area (Å²) in [6.07, 6.45) is -0.199. The number of likely N-dealkylation sites (N-methyl/N-ethyl adjacent to an activating group) is 1. The van der Waals surface area contributed by atoms with Gasteiger partial charge in [-0.05, 0) is 21.0 Å². The van der Waals surface area contributed by atoms with Crippen LogP contribution in [0.1, 0.15) is 20.8 Å². The molecule has 1 N–H and O–H groups in total. The normalized spacial score (nSPS) is 13.8. The van der Waals surface area contributed by atoms with Gasteiger partial charge in [-0.2, -0.15) is 0 Å². The van der Waals surface area contributed by atoms with Crippen molar-refractivity contribution in [3.63, 3.8) is 0 Å². The fourth-order valence-corrected chi connectivity index (χ4v) is 0.677. The first-order valence-electron chi connectivity index (χ1n) is 4.65. The summed E-state index contributed by atoms with van der Waals surface area (Å²) in [6.45, 7) is 5.00. The quantitative estimate of drug-likeness (QED) is 0.539. The number of rotatable bonds is 4. The topological polar surface area (TPSA) is 83.7 Å². The maximum Gasteiger partial charge on any atom is 0.267 e. The van der Waals surface area contributed by atoms with Crippen molar-refractivity contribution in [2.24, 2.45) is 0 Å². The zero-order chi connectivity index (χ0) is 12.6. The minimum atomic E-state index is -1.05. The second-order valence-corrected chi connectivity index (χ2v) is 3.68. The molecular formula is C9H20N2O4. The van der Waals surface area contributed by atoms with E-state index >= 15 is 0 Å². The number of Topliss-reactive ketones (excluding diaryl/α,β-unsaturated/α-hetero) is 1. The zero-order valence-electron chi connectivity index (χ0n) is 9.93. The first kappa shape index (κ1) is 16.4. The van der Waals surface area contributed by atoms with Gasteiger partial charge in [0.2, 0.25) is 5.78 Å². The number of hydrogen-bond acceptors (Lipinski definition) is 5. The van der Waals surface area contributed by atoms with Gasteiger partial charge < -0.3 is 10.0 Å². The maximum absolute atomic E-state index is 10.1. The van der Waals surface area contributed by atoms with Crippen LogP contribution in [0.5, 0.6) is 0 Å². The van der Waals surface area contributed by atoms with Crippen molar-refractivity contribution in [2.45, 2.75) is 32.9 Å². The van der Waals surface area contributed by atoms with Crippen molar-refractivity contribution in [3.8, 4) is 0 Å². The minimum absolute atomic E-state index is 0.199. The van der Waals surface area contributed by atoms with Crippen LogP contribution < -0.4 is 0 Å². The van der Waals surface area contributed by atoms with E-state index in [9.17, 15) is 14.9 Å². The molecule has 0 radical (unpaired) electrons. The minimum Gasteiger partial charge on any atom is -0.392 e. The molecule has 0 aliphatic heterocycles. The first-order valence-corrected chi connectivity index (χ1v) is 4.65. The molecule has 90 valence electrons. The number of aliphatic hydroxyl groups is 1. The summed E-state index contributed by atoms with van der Waals surface area (Å²) in [7, 11) is 3.87. The smallest absolute Gasteiger partial charge is 0.267 e. The Balaban J connectivity index is 0. The van der Waals surface area contributed by atoms with Crippen LogP contribution >= 0.6 is 0 Å². The third-order valence-corrected chi connectivity index (χ3v) is 1.53. The number of carbonyl (C=O) groups is 1. The van der Waals surface area contributed by atoms with Gasteiger partial charge in [0.25, 0.3) is 6.04 Å². The van der Waals surface area contributed by atoms with E-state index in [0.29, 0.717) is 0 Å². The Bertz CT molecular complexity index is 184. The number of nitro groups is 1. The van der Waals surface area contributed by atoms with Crippen molar-refractivity contribution in [1.29, 1.82) is 0 Å². The van der Waals surface area contributed by atoms with E-state index in [0.717, 1.165) is 6.54 Å². The number of aliphatic hydroxyl groups excluding tert-OH is 1. The van der Waals surface area contributed by atoms with Crippen molar-refractivity contribution in [1.82, 2.24) is 4.90 Å². The van der Waals surface area contributed by atoms with E-state index in [1.54, 1.807) is 6.92 Å². The number of nitrogens with zero attached hydrogens (tertiary/aromatic N) is 2. The molecule has 6 nitrogen and oxygen atoms in total. The number of ketones is 1. The first-order chi connectivity index (χ1) is 6.68. The predicted octanol–water partition coefficient (Wildman–Crippen LogP) is 0.169. The Kier molecular flexibility index (Phi) is 9.10. The Hall–Kier alpha value is -1.01. The molecule has 0 aromatic carbocycles. The summed E-state index contributed by atoms with van der Waals surface area (Å²) < 4.78 is 0. The molecule has 0 aliphatic rings. The predicted molar refractivity (Wildman–Crippen MR) is 57.4 cm³/mol.